The van der Waals surface area contributed by atoms with Crippen LogP contribution >= 0.6 is 11.3 Å². The Labute approximate surface area is 147 Å². The highest BCUT2D eigenvalue weighted by molar-refractivity contribution is 7.22. The minimum atomic E-state index is -0.493. The summed E-state index contributed by atoms with van der Waals surface area (Å²) in [6, 6.07) is 9.64. The van der Waals surface area contributed by atoms with Crippen LogP contribution in [0.25, 0.3) is 10.2 Å². The molecular weight excluding hydrogens is 342 g/mol. The van der Waals surface area contributed by atoms with Crippen LogP contribution in [0.2, 0.25) is 0 Å². The molecule has 25 heavy (non-hydrogen) atoms. The number of aromatic nitrogens is 1. The Morgan fingerprint density at radius 2 is 2.00 bits per heavy atom. The van der Waals surface area contributed by atoms with Gasteiger partial charge in [-0.1, -0.05) is 17.4 Å². The molecule has 0 atom stereocenters. The number of nitro benzene ring substituents is 1. The van der Waals surface area contributed by atoms with Gasteiger partial charge in [0.1, 0.15) is 5.75 Å². The molecule has 0 radical (unpaired) electrons. The van der Waals surface area contributed by atoms with Crippen LogP contribution in [-0.4, -0.2) is 22.4 Å². The van der Waals surface area contributed by atoms with Crippen LogP contribution in [0.3, 0.4) is 0 Å². The van der Waals surface area contributed by atoms with Crippen LogP contribution in [0.5, 0.6) is 5.75 Å². The van der Waals surface area contributed by atoms with Gasteiger partial charge in [-0.2, -0.15) is 0 Å². The second-order valence-electron chi connectivity index (χ2n) is 5.54. The smallest absolute Gasteiger partial charge is 0.269 e. The van der Waals surface area contributed by atoms with Gasteiger partial charge in [-0.25, -0.2) is 4.98 Å². The van der Waals surface area contributed by atoms with Crippen LogP contribution in [0, 0.1) is 24.0 Å². The molecule has 1 heterocycles. The third-order valence-electron chi connectivity index (χ3n) is 3.49. The number of carbonyl (C=O) groups is 1. The number of thiazole rings is 1. The highest BCUT2D eigenvalue weighted by atomic mass is 32.1. The molecule has 1 N–H and O–H groups in total. The number of nitro groups is 1. The van der Waals surface area contributed by atoms with E-state index in [0.717, 1.165) is 21.3 Å². The Balaban J connectivity index is 1.62. The van der Waals surface area contributed by atoms with Gasteiger partial charge >= 0.3 is 0 Å². The van der Waals surface area contributed by atoms with Crippen molar-refractivity contribution in [2.45, 2.75) is 13.8 Å². The van der Waals surface area contributed by atoms with E-state index in [1.165, 1.54) is 35.6 Å². The maximum absolute atomic E-state index is 12.0. The van der Waals surface area contributed by atoms with E-state index < -0.39 is 4.92 Å². The average Bonchev–Trinajstić information content (AvgIpc) is 2.96. The number of anilines is 1. The van der Waals surface area contributed by atoms with Gasteiger partial charge in [-0.15, -0.1) is 0 Å². The maximum atomic E-state index is 12.0. The third kappa shape index (κ3) is 3.92. The highest BCUT2D eigenvalue weighted by Gasteiger charge is 2.11. The quantitative estimate of drug-likeness (QED) is 0.553. The van der Waals surface area contributed by atoms with E-state index in [9.17, 15) is 14.9 Å². The maximum Gasteiger partial charge on any atom is 0.269 e. The molecule has 0 unspecified atom stereocenters. The fourth-order valence-electron chi connectivity index (χ4n) is 2.39. The molecule has 8 heteroatoms. The number of fused-ring (bicyclic) bond motifs is 1. The zero-order valence-electron chi connectivity index (χ0n) is 13.6. The lowest BCUT2D eigenvalue weighted by molar-refractivity contribution is -0.384. The van der Waals surface area contributed by atoms with Crippen molar-refractivity contribution in [1.82, 2.24) is 4.98 Å². The Morgan fingerprint density at radius 1 is 1.28 bits per heavy atom. The largest absolute Gasteiger partial charge is 0.484 e. The third-order valence-corrected chi connectivity index (χ3v) is 4.41. The predicted molar refractivity (Wildman–Crippen MR) is 96.3 cm³/mol. The van der Waals surface area contributed by atoms with Gasteiger partial charge in [0.25, 0.3) is 11.6 Å². The fraction of sp³-hybridized carbons (Fsp3) is 0.176. The minimum absolute atomic E-state index is 0.0306. The topological polar surface area (TPSA) is 94.4 Å². The van der Waals surface area contributed by atoms with Crippen LogP contribution < -0.4 is 10.1 Å². The van der Waals surface area contributed by atoms with Crippen molar-refractivity contribution in [3.8, 4) is 5.75 Å². The molecule has 2 aromatic carbocycles. The molecule has 7 nitrogen and oxygen atoms in total. The first-order valence-corrected chi connectivity index (χ1v) is 8.29. The normalized spacial score (nSPS) is 10.6. The number of aryl methyl sites for hydroxylation is 2. The van der Waals surface area contributed by atoms with Crippen LogP contribution in [-0.2, 0) is 4.79 Å². The van der Waals surface area contributed by atoms with Gasteiger partial charge in [0.15, 0.2) is 11.7 Å². The molecule has 0 bridgehead atoms. The van der Waals surface area contributed by atoms with E-state index in [2.05, 4.69) is 10.3 Å². The molecule has 0 aliphatic carbocycles. The highest BCUT2D eigenvalue weighted by Crippen LogP contribution is 2.29. The molecule has 0 saturated heterocycles. The van der Waals surface area contributed by atoms with Gasteiger partial charge in [0.05, 0.1) is 15.1 Å². The van der Waals surface area contributed by atoms with Crippen molar-refractivity contribution >= 4 is 38.3 Å². The number of carbonyl (C=O) groups excluding carboxylic acids is 1. The summed E-state index contributed by atoms with van der Waals surface area (Å²) in [5, 5.41) is 13.8. The lowest BCUT2D eigenvalue weighted by Crippen LogP contribution is -2.19. The van der Waals surface area contributed by atoms with Crippen molar-refractivity contribution in [3.05, 3.63) is 57.6 Å². The van der Waals surface area contributed by atoms with Gasteiger partial charge in [0.2, 0.25) is 0 Å². The summed E-state index contributed by atoms with van der Waals surface area (Å²) in [7, 11) is 0. The molecule has 0 fully saturated rings. The molecule has 1 amide bonds. The lowest BCUT2D eigenvalue weighted by Gasteiger charge is -2.05. The first kappa shape index (κ1) is 16.8. The van der Waals surface area contributed by atoms with E-state index in [4.69, 9.17) is 4.74 Å². The zero-order valence-corrected chi connectivity index (χ0v) is 14.4. The number of amides is 1. The summed E-state index contributed by atoms with van der Waals surface area (Å²) < 4.78 is 6.35. The number of ether oxygens (including phenoxy) is 1. The first-order chi connectivity index (χ1) is 11.9. The van der Waals surface area contributed by atoms with Gasteiger partial charge in [-0.05, 0) is 43.2 Å². The molecule has 0 saturated carbocycles. The number of benzene rings is 2. The fourth-order valence-corrected chi connectivity index (χ4v) is 3.45. The second kappa shape index (κ2) is 6.86. The Bertz CT molecular complexity index is 950. The molecule has 0 aliphatic heterocycles. The number of nitrogens with one attached hydrogen (secondary N) is 1. The van der Waals surface area contributed by atoms with E-state index in [1.807, 2.05) is 26.0 Å². The van der Waals surface area contributed by atoms with E-state index in [0.29, 0.717) is 10.9 Å². The molecule has 128 valence electrons. The monoisotopic (exact) mass is 357 g/mol. The molecule has 3 aromatic rings. The van der Waals surface area contributed by atoms with Crippen molar-refractivity contribution in [3.63, 3.8) is 0 Å². The van der Waals surface area contributed by atoms with Gasteiger partial charge < -0.3 is 4.74 Å². The minimum Gasteiger partial charge on any atom is -0.484 e. The standard InChI is InChI=1S/C17H15N3O4S/c1-10-7-11(2)16-14(8-10)25-17(19-16)18-15(21)9-24-13-5-3-12(4-6-13)20(22)23/h3-8H,9H2,1-2H3,(H,18,19,21). The lowest BCUT2D eigenvalue weighted by atomic mass is 10.1. The summed E-state index contributed by atoms with van der Waals surface area (Å²) in [5.74, 6) is 0.0447. The molecule has 3 rings (SSSR count). The van der Waals surface area contributed by atoms with E-state index in [1.54, 1.807) is 0 Å². The first-order valence-electron chi connectivity index (χ1n) is 7.47. The number of nitrogens with zero attached hydrogens (tertiary/aromatic N) is 2. The summed E-state index contributed by atoms with van der Waals surface area (Å²) in [6.45, 7) is 3.80. The number of non-ortho nitro benzene ring substituents is 1. The Hall–Kier alpha value is -3.00. The Morgan fingerprint density at radius 3 is 2.68 bits per heavy atom. The summed E-state index contributed by atoms with van der Waals surface area (Å²) in [6.07, 6.45) is 0. The molecule has 0 aliphatic rings. The van der Waals surface area contributed by atoms with Crippen LogP contribution in [0.4, 0.5) is 10.8 Å². The van der Waals surface area contributed by atoms with Crippen molar-refractivity contribution in [1.29, 1.82) is 0 Å². The SMILES string of the molecule is Cc1cc(C)c2nc(NC(=O)COc3ccc([N+](=O)[O-])cc3)sc2c1. The predicted octanol–water partition coefficient (Wildman–Crippen LogP) is 3.84. The summed E-state index contributed by atoms with van der Waals surface area (Å²) in [5.41, 5.74) is 3.06. The van der Waals surface area contributed by atoms with E-state index in [-0.39, 0.29) is 18.2 Å². The van der Waals surface area contributed by atoms with Crippen molar-refractivity contribution < 1.29 is 14.5 Å². The van der Waals surface area contributed by atoms with Gasteiger partial charge in [-0.3, -0.25) is 20.2 Å². The van der Waals surface area contributed by atoms with Crippen LogP contribution in [0.15, 0.2) is 36.4 Å². The average molecular weight is 357 g/mol. The summed E-state index contributed by atoms with van der Waals surface area (Å²) >= 11 is 1.41. The van der Waals surface area contributed by atoms with E-state index >= 15 is 0 Å². The van der Waals surface area contributed by atoms with Gasteiger partial charge in [0, 0.05) is 12.1 Å². The zero-order chi connectivity index (χ0) is 18.0. The van der Waals surface area contributed by atoms with Crippen LogP contribution in [0.1, 0.15) is 11.1 Å². The van der Waals surface area contributed by atoms with Crippen molar-refractivity contribution in [2.75, 3.05) is 11.9 Å². The second-order valence-corrected chi connectivity index (χ2v) is 6.57. The number of rotatable bonds is 5. The number of hydrogen-bond donors (Lipinski definition) is 1. The summed E-state index contributed by atoms with van der Waals surface area (Å²) in [4.78, 5) is 26.5. The number of hydrogen-bond acceptors (Lipinski definition) is 6. The molecule has 0 spiro atoms. The van der Waals surface area contributed by atoms with Crippen molar-refractivity contribution in [2.24, 2.45) is 0 Å². The molecular formula is C17H15N3O4S. The Kier molecular flexibility index (Phi) is 4.62. The molecule has 1 aromatic heterocycles.